The van der Waals surface area contributed by atoms with E-state index < -0.39 is 23.5 Å². The fourth-order valence-corrected chi connectivity index (χ4v) is 3.53. The van der Waals surface area contributed by atoms with Crippen molar-refractivity contribution in [2.45, 2.75) is 20.4 Å². The Labute approximate surface area is 160 Å². The van der Waals surface area contributed by atoms with Crippen molar-refractivity contribution in [3.63, 3.8) is 0 Å². The molecule has 0 saturated carbocycles. The van der Waals surface area contributed by atoms with Gasteiger partial charge in [0.05, 0.1) is 6.54 Å². The first-order chi connectivity index (χ1) is 13.4. The third-order valence-corrected chi connectivity index (χ3v) is 4.73. The predicted molar refractivity (Wildman–Crippen MR) is 102 cm³/mol. The SMILES string of the molecule is CC(C)CN1C(=O)C(=O)N(Cc2cc(=O)oc3ccc4ccccc4c23)C1=O. The van der Waals surface area contributed by atoms with E-state index in [0.717, 1.165) is 20.6 Å². The molecule has 0 aliphatic carbocycles. The summed E-state index contributed by atoms with van der Waals surface area (Å²) in [5.74, 6) is -1.68. The average Bonchev–Trinajstić information content (AvgIpc) is 2.85. The number of benzene rings is 2. The Morgan fingerprint density at radius 1 is 0.929 bits per heavy atom. The molecule has 1 aliphatic heterocycles. The molecule has 2 aromatic carbocycles. The number of nitrogens with zero attached hydrogens (tertiary/aromatic N) is 2. The van der Waals surface area contributed by atoms with Gasteiger partial charge in [-0.1, -0.05) is 44.2 Å². The first-order valence-corrected chi connectivity index (χ1v) is 8.98. The minimum Gasteiger partial charge on any atom is -0.423 e. The van der Waals surface area contributed by atoms with Crippen LogP contribution in [0.4, 0.5) is 4.79 Å². The Morgan fingerprint density at radius 3 is 2.39 bits per heavy atom. The molecule has 0 unspecified atom stereocenters. The third-order valence-electron chi connectivity index (χ3n) is 4.73. The second kappa shape index (κ2) is 6.60. The quantitative estimate of drug-likeness (QED) is 0.301. The number of hydrogen-bond donors (Lipinski definition) is 0. The van der Waals surface area contributed by atoms with Crippen LogP contribution in [0.5, 0.6) is 0 Å². The van der Waals surface area contributed by atoms with Gasteiger partial charge in [0, 0.05) is 18.0 Å². The topological polar surface area (TPSA) is 87.9 Å². The molecule has 1 saturated heterocycles. The largest absolute Gasteiger partial charge is 0.423 e. The minimum atomic E-state index is -0.882. The van der Waals surface area contributed by atoms with Crippen LogP contribution in [0.25, 0.3) is 21.7 Å². The molecule has 1 fully saturated rings. The number of rotatable bonds is 4. The highest BCUT2D eigenvalue weighted by molar-refractivity contribution is 6.44. The third kappa shape index (κ3) is 2.85. The van der Waals surface area contributed by atoms with Gasteiger partial charge >= 0.3 is 23.5 Å². The molecule has 0 N–H and O–H groups in total. The van der Waals surface area contributed by atoms with Gasteiger partial charge < -0.3 is 4.42 Å². The van der Waals surface area contributed by atoms with Crippen LogP contribution < -0.4 is 5.63 Å². The number of urea groups is 1. The molecule has 0 radical (unpaired) electrons. The normalized spacial score (nSPS) is 14.9. The van der Waals surface area contributed by atoms with Crippen LogP contribution in [0.2, 0.25) is 0 Å². The summed E-state index contributed by atoms with van der Waals surface area (Å²) in [4.78, 5) is 51.2. The number of fused-ring (bicyclic) bond motifs is 3. The molecule has 142 valence electrons. The standard InChI is InChI=1S/C21H18N2O5/c1-12(2)10-22-19(25)20(26)23(21(22)27)11-14-9-17(24)28-16-8-7-13-5-3-4-6-15(13)18(14)16/h3-9,12H,10-11H2,1-2H3. The molecule has 1 aromatic heterocycles. The maximum absolute atomic E-state index is 12.7. The predicted octanol–water partition coefficient (Wildman–Crippen LogP) is 2.89. The van der Waals surface area contributed by atoms with E-state index >= 15 is 0 Å². The van der Waals surface area contributed by atoms with E-state index in [1.165, 1.54) is 6.07 Å². The van der Waals surface area contributed by atoms with E-state index in [9.17, 15) is 19.2 Å². The van der Waals surface area contributed by atoms with Crippen molar-refractivity contribution in [3.05, 3.63) is 58.4 Å². The second-order valence-electron chi connectivity index (χ2n) is 7.23. The van der Waals surface area contributed by atoms with Gasteiger partial charge in [0.1, 0.15) is 5.58 Å². The van der Waals surface area contributed by atoms with E-state index in [4.69, 9.17) is 4.42 Å². The van der Waals surface area contributed by atoms with Crippen molar-refractivity contribution in [1.29, 1.82) is 0 Å². The van der Waals surface area contributed by atoms with Gasteiger partial charge in [-0.05, 0) is 28.3 Å². The van der Waals surface area contributed by atoms with Gasteiger partial charge in [0.2, 0.25) is 0 Å². The lowest BCUT2D eigenvalue weighted by atomic mass is 10.0. The van der Waals surface area contributed by atoms with Crippen LogP contribution in [0.15, 0.2) is 51.7 Å². The molecule has 0 atom stereocenters. The zero-order valence-electron chi connectivity index (χ0n) is 15.5. The van der Waals surface area contributed by atoms with Gasteiger partial charge in [-0.25, -0.2) is 9.59 Å². The van der Waals surface area contributed by atoms with E-state index in [1.54, 1.807) is 6.07 Å². The second-order valence-corrected chi connectivity index (χ2v) is 7.23. The molecule has 7 heteroatoms. The first kappa shape index (κ1) is 17.9. The molecular weight excluding hydrogens is 360 g/mol. The van der Waals surface area contributed by atoms with Gasteiger partial charge in [-0.3, -0.25) is 19.4 Å². The molecule has 0 bridgehead atoms. The molecule has 4 rings (SSSR count). The summed E-state index contributed by atoms with van der Waals surface area (Å²) in [7, 11) is 0. The van der Waals surface area contributed by atoms with Crippen LogP contribution in [0.1, 0.15) is 19.4 Å². The Bertz CT molecular complexity index is 1190. The molecular formula is C21H18N2O5. The van der Waals surface area contributed by atoms with Gasteiger partial charge in [-0.2, -0.15) is 0 Å². The van der Waals surface area contributed by atoms with Crippen molar-refractivity contribution in [2.75, 3.05) is 6.54 Å². The van der Waals surface area contributed by atoms with Gasteiger partial charge in [0.15, 0.2) is 0 Å². The first-order valence-electron chi connectivity index (χ1n) is 8.98. The highest BCUT2D eigenvalue weighted by Gasteiger charge is 2.44. The van der Waals surface area contributed by atoms with Gasteiger partial charge in [0.25, 0.3) is 0 Å². The number of imide groups is 2. The molecule has 1 aliphatic rings. The molecule has 28 heavy (non-hydrogen) atoms. The molecule has 3 aromatic rings. The van der Waals surface area contributed by atoms with E-state index in [-0.39, 0.29) is 19.0 Å². The summed E-state index contributed by atoms with van der Waals surface area (Å²) >= 11 is 0. The van der Waals surface area contributed by atoms with E-state index in [2.05, 4.69) is 0 Å². The fraction of sp³-hybridized carbons (Fsp3) is 0.238. The Hall–Kier alpha value is -3.48. The number of carbonyl (C=O) groups is 3. The number of amides is 4. The van der Waals surface area contributed by atoms with Crippen molar-refractivity contribution in [2.24, 2.45) is 5.92 Å². The Kier molecular flexibility index (Phi) is 4.22. The monoisotopic (exact) mass is 378 g/mol. The lowest BCUT2D eigenvalue weighted by molar-refractivity contribution is -0.143. The number of hydrogen-bond acceptors (Lipinski definition) is 5. The van der Waals surface area contributed by atoms with Crippen LogP contribution in [-0.2, 0) is 16.1 Å². The summed E-state index contributed by atoms with van der Waals surface area (Å²) in [6, 6.07) is 11.7. The summed E-state index contributed by atoms with van der Waals surface area (Å²) < 4.78 is 5.30. The smallest absolute Gasteiger partial charge is 0.336 e. The maximum atomic E-state index is 12.7. The van der Waals surface area contributed by atoms with Crippen molar-refractivity contribution in [1.82, 2.24) is 9.80 Å². The van der Waals surface area contributed by atoms with Crippen LogP contribution in [0.3, 0.4) is 0 Å². The summed E-state index contributed by atoms with van der Waals surface area (Å²) in [6.07, 6.45) is 0. The zero-order chi connectivity index (χ0) is 20.0. The molecule has 4 amide bonds. The van der Waals surface area contributed by atoms with Crippen molar-refractivity contribution < 1.29 is 18.8 Å². The van der Waals surface area contributed by atoms with Crippen LogP contribution >= 0.6 is 0 Å². The average molecular weight is 378 g/mol. The van der Waals surface area contributed by atoms with Crippen LogP contribution in [-0.4, -0.2) is 34.2 Å². The lowest BCUT2D eigenvalue weighted by Gasteiger charge is -2.18. The van der Waals surface area contributed by atoms with Crippen LogP contribution in [0, 0.1) is 5.92 Å². The molecule has 7 nitrogen and oxygen atoms in total. The minimum absolute atomic E-state index is 0.0363. The number of carbonyl (C=O) groups excluding carboxylic acids is 3. The zero-order valence-corrected chi connectivity index (χ0v) is 15.5. The summed E-state index contributed by atoms with van der Waals surface area (Å²) in [5, 5.41) is 2.41. The maximum Gasteiger partial charge on any atom is 0.336 e. The van der Waals surface area contributed by atoms with E-state index in [1.807, 2.05) is 44.2 Å². The highest BCUT2D eigenvalue weighted by atomic mass is 16.4. The van der Waals surface area contributed by atoms with Crippen molar-refractivity contribution in [3.8, 4) is 0 Å². The Balaban J connectivity index is 1.83. The molecule has 2 heterocycles. The molecule has 0 spiro atoms. The highest BCUT2D eigenvalue weighted by Crippen LogP contribution is 2.29. The fourth-order valence-electron chi connectivity index (χ4n) is 3.53. The Morgan fingerprint density at radius 2 is 1.64 bits per heavy atom. The van der Waals surface area contributed by atoms with E-state index in [0.29, 0.717) is 16.5 Å². The van der Waals surface area contributed by atoms with Gasteiger partial charge in [-0.15, -0.1) is 0 Å². The summed E-state index contributed by atoms with van der Waals surface area (Å²) in [6.45, 7) is 3.71. The van der Waals surface area contributed by atoms with Crippen molar-refractivity contribution >= 4 is 39.6 Å². The lowest BCUT2D eigenvalue weighted by Crippen LogP contribution is -2.35. The summed E-state index contributed by atoms with van der Waals surface area (Å²) in [5.41, 5.74) is 0.247.